The van der Waals surface area contributed by atoms with E-state index in [0.717, 1.165) is 42.0 Å². The number of rotatable bonds is 8. The number of allylic oxidation sites excluding steroid dienone is 3. The second-order valence-electron chi connectivity index (χ2n) is 9.29. The van der Waals surface area contributed by atoms with Crippen molar-refractivity contribution in [3.63, 3.8) is 0 Å². The second-order valence-corrected chi connectivity index (χ2v) is 9.29. The van der Waals surface area contributed by atoms with Gasteiger partial charge in [-0.1, -0.05) is 72.8 Å². The first-order valence-corrected chi connectivity index (χ1v) is 12.2. The van der Waals surface area contributed by atoms with Gasteiger partial charge in [-0.3, -0.25) is 0 Å². The van der Waals surface area contributed by atoms with Gasteiger partial charge in [-0.25, -0.2) is 4.39 Å². The van der Waals surface area contributed by atoms with Gasteiger partial charge in [0.05, 0.1) is 0 Å². The zero-order valence-electron chi connectivity index (χ0n) is 19.3. The van der Waals surface area contributed by atoms with Crippen molar-refractivity contribution in [2.24, 2.45) is 5.92 Å². The van der Waals surface area contributed by atoms with Crippen LogP contribution in [0.25, 0.3) is 10.8 Å². The summed E-state index contributed by atoms with van der Waals surface area (Å²) in [6.45, 7) is 5.99. The lowest BCUT2D eigenvalue weighted by atomic mass is 9.78. The number of halogens is 1. The highest BCUT2D eigenvalue weighted by Gasteiger charge is 2.20. The highest BCUT2D eigenvalue weighted by molar-refractivity contribution is 5.84. The minimum Gasteiger partial charge on any atom is -0.206 e. The fourth-order valence-electron chi connectivity index (χ4n) is 5.08. The van der Waals surface area contributed by atoms with Gasteiger partial charge in [0, 0.05) is 5.39 Å². The third-order valence-electron chi connectivity index (χ3n) is 7.17. The quantitative estimate of drug-likeness (QED) is 0.316. The van der Waals surface area contributed by atoms with Crippen LogP contribution in [0.2, 0.25) is 0 Å². The number of aryl methyl sites for hydroxylation is 3. The molecule has 0 N–H and O–H groups in total. The first kappa shape index (κ1) is 22.5. The smallest absolute Gasteiger partial charge is 0.134 e. The molecule has 0 amide bonds. The van der Waals surface area contributed by atoms with Crippen LogP contribution < -0.4 is 0 Å². The molecule has 0 heterocycles. The van der Waals surface area contributed by atoms with Gasteiger partial charge in [0.15, 0.2) is 0 Å². The summed E-state index contributed by atoms with van der Waals surface area (Å²) in [6.07, 6.45) is 15.0. The monoisotopic (exact) mass is 426 g/mol. The van der Waals surface area contributed by atoms with E-state index in [0.29, 0.717) is 11.8 Å². The number of hydrogen-bond acceptors (Lipinski definition) is 0. The predicted molar refractivity (Wildman–Crippen MR) is 136 cm³/mol. The molecule has 1 aliphatic carbocycles. The second kappa shape index (κ2) is 10.8. The maximum atomic E-state index is 15.2. The molecular weight excluding hydrogens is 391 g/mol. The third kappa shape index (κ3) is 5.38. The summed E-state index contributed by atoms with van der Waals surface area (Å²) in [6, 6.07) is 19.3. The highest BCUT2D eigenvalue weighted by atomic mass is 19.1. The van der Waals surface area contributed by atoms with Crippen LogP contribution in [0.3, 0.4) is 0 Å². The lowest BCUT2D eigenvalue weighted by Crippen LogP contribution is -2.11. The molecular formula is C31H35F. The van der Waals surface area contributed by atoms with E-state index in [2.05, 4.69) is 67.3 Å². The summed E-state index contributed by atoms with van der Waals surface area (Å²) in [5.41, 5.74) is 4.82. The molecule has 0 nitrogen and oxygen atoms in total. The van der Waals surface area contributed by atoms with Crippen molar-refractivity contribution in [3.05, 3.63) is 107 Å². The van der Waals surface area contributed by atoms with Crippen molar-refractivity contribution in [2.45, 2.75) is 64.2 Å². The molecule has 0 spiro atoms. The van der Waals surface area contributed by atoms with Crippen LogP contribution in [-0.4, -0.2) is 0 Å². The minimum atomic E-state index is -0.0573. The van der Waals surface area contributed by atoms with Crippen molar-refractivity contribution in [2.75, 3.05) is 0 Å². The Morgan fingerprint density at radius 3 is 2.34 bits per heavy atom. The van der Waals surface area contributed by atoms with Gasteiger partial charge in [0.1, 0.15) is 5.82 Å². The van der Waals surface area contributed by atoms with Crippen LogP contribution in [0, 0.1) is 11.7 Å². The Hall–Kier alpha value is -2.67. The summed E-state index contributed by atoms with van der Waals surface area (Å²) in [5, 5.41) is 1.74. The molecule has 0 radical (unpaired) electrons. The van der Waals surface area contributed by atoms with E-state index in [-0.39, 0.29) is 5.82 Å². The molecule has 0 bridgehead atoms. The Balaban J connectivity index is 1.38. The molecule has 0 saturated heterocycles. The van der Waals surface area contributed by atoms with Gasteiger partial charge in [0.25, 0.3) is 0 Å². The topological polar surface area (TPSA) is 0 Å². The van der Waals surface area contributed by atoms with E-state index >= 15 is 4.39 Å². The van der Waals surface area contributed by atoms with Crippen LogP contribution in [0.4, 0.5) is 4.39 Å². The summed E-state index contributed by atoms with van der Waals surface area (Å²) < 4.78 is 15.2. The fraction of sp³-hybridized carbons (Fsp3) is 0.355. The molecule has 1 fully saturated rings. The van der Waals surface area contributed by atoms with E-state index in [1.165, 1.54) is 42.4 Å². The van der Waals surface area contributed by atoms with Crippen molar-refractivity contribution in [3.8, 4) is 0 Å². The molecule has 166 valence electrons. The lowest BCUT2D eigenvalue weighted by molar-refractivity contribution is 0.376. The summed E-state index contributed by atoms with van der Waals surface area (Å²) in [7, 11) is 0. The fourth-order valence-corrected chi connectivity index (χ4v) is 5.08. The third-order valence-corrected chi connectivity index (χ3v) is 7.17. The maximum Gasteiger partial charge on any atom is 0.134 e. The van der Waals surface area contributed by atoms with E-state index in [1.54, 1.807) is 0 Å². The number of hydrogen-bond donors (Lipinski definition) is 0. The largest absolute Gasteiger partial charge is 0.206 e. The molecule has 32 heavy (non-hydrogen) atoms. The summed E-state index contributed by atoms with van der Waals surface area (Å²) in [5.74, 6) is 1.33. The van der Waals surface area contributed by atoms with Crippen LogP contribution in [0.15, 0.2) is 79.4 Å². The standard InChI is InChI=1S/C31H35F/c1-3-5-6-7-25-13-21-30-29(22-25)20-19-28(31(30)32)18-12-24-10-16-27(17-11-24)26-14-8-23(4-2)9-15-26/h3-5,10-11,13,16-17,19-23,26H,2,6-9,12,14-15,18H2,1H3/b5-3+. The maximum absolute atomic E-state index is 15.2. The van der Waals surface area contributed by atoms with Gasteiger partial charge >= 0.3 is 0 Å². The Kier molecular flexibility index (Phi) is 7.58. The van der Waals surface area contributed by atoms with E-state index in [1.807, 2.05) is 19.1 Å². The van der Waals surface area contributed by atoms with E-state index < -0.39 is 0 Å². The molecule has 0 aromatic heterocycles. The Labute approximate surface area is 192 Å². The van der Waals surface area contributed by atoms with Gasteiger partial charge in [-0.15, -0.1) is 6.58 Å². The molecule has 0 unspecified atom stereocenters. The van der Waals surface area contributed by atoms with Gasteiger partial charge in [-0.2, -0.15) is 0 Å². The van der Waals surface area contributed by atoms with E-state index in [9.17, 15) is 0 Å². The zero-order valence-corrected chi connectivity index (χ0v) is 19.3. The molecule has 1 saturated carbocycles. The van der Waals surface area contributed by atoms with Crippen LogP contribution in [0.5, 0.6) is 0 Å². The molecule has 1 heteroatoms. The summed E-state index contributed by atoms with van der Waals surface area (Å²) >= 11 is 0. The van der Waals surface area contributed by atoms with Crippen molar-refractivity contribution in [1.82, 2.24) is 0 Å². The van der Waals surface area contributed by atoms with Gasteiger partial charge < -0.3 is 0 Å². The van der Waals surface area contributed by atoms with Crippen molar-refractivity contribution in [1.29, 1.82) is 0 Å². The van der Waals surface area contributed by atoms with E-state index in [4.69, 9.17) is 0 Å². The molecule has 0 aliphatic heterocycles. The molecule has 4 rings (SSSR count). The highest BCUT2D eigenvalue weighted by Crippen LogP contribution is 2.36. The van der Waals surface area contributed by atoms with Gasteiger partial charge in [0.2, 0.25) is 0 Å². The van der Waals surface area contributed by atoms with Crippen molar-refractivity contribution < 1.29 is 4.39 Å². The Morgan fingerprint density at radius 2 is 1.62 bits per heavy atom. The van der Waals surface area contributed by atoms with Crippen LogP contribution >= 0.6 is 0 Å². The molecule has 1 aliphatic rings. The predicted octanol–water partition coefficient (Wildman–Crippen LogP) is 8.73. The van der Waals surface area contributed by atoms with Gasteiger partial charge in [-0.05, 0) is 97.8 Å². The summed E-state index contributed by atoms with van der Waals surface area (Å²) in [4.78, 5) is 0. The molecule has 3 aromatic carbocycles. The van der Waals surface area contributed by atoms with Crippen LogP contribution in [-0.2, 0) is 19.3 Å². The zero-order chi connectivity index (χ0) is 22.3. The average Bonchev–Trinajstić information content (AvgIpc) is 2.84. The number of fused-ring (bicyclic) bond motifs is 1. The Bertz CT molecular complexity index is 1070. The number of benzene rings is 3. The SMILES string of the molecule is C=CC1CCC(c2ccc(CCc3ccc4cc(CC/C=C/C)ccc4c3F)cc2)CC1. The first-order valence-electron chi connectivity index (χ1n) is 12.2. The minimum absolute atomic E-state index is 0.0573. The first-order chi connectivity index (χ1) is 15.7. The average molecular weight is 427 g/mol. The molecule has 3 aromatic rings. The van der Waals surface area contributed by atoms with Crippen molar-refractivity contribution >= 4 is 10.8 Å². The normalized spacial score (nSPS) is 18.9. The lowest BCUT2D eigenvalue weighted by Gasteiger charge is -2.27. The molecule has 0 atom stereocenters. The Morgan fingerprint density at radius 1 is 0.875 bits per heavy atom. The van der Waals surface area contributed by atoms with Crippen LogP contribution in [0.1, 0.15) is 67.2 Å².